The molecule has 21 heavy (non-hydrogen) atoms. The van der Waals surface area contributed by atoms with Gasteiger partial charge in [0, 0.05) is 31.2 Å². The smallest absolute Gasteiger partial charge is 0.275 e. The number of fused-ring (bicyclic) bond motifs is 1. The van der Waals surface area contributed by atoms with E-state index < -0.39 is 0 Å². The molecule has 0 aromatic heterocycles. The van der Waals surface area contributed by atoms with Crippen molar-refractivity contribution in [3.63, 3.8) is 0 Å². The zero-order chi connectivity index (χ0) is 15.2. The van der Waals surface area contributed by atoms with E-state index >= 15 is 0 Å². The van der Waals surface area contributed by atoms with Crippen LogP contribution in [0.3, 0.4) is 0 Å². The summed E-state index contributed by atoms with van der Waals surface area (Å²) in [6, 6.07) is 4.90. The van der Waals surface area contributed by atoms with Crippen molar-refractivity contribution in [3.05, 3.63) is 38.9 Å². The predicted octanol–water partition coefficient (Wildman–Crippen LogP) is 2.68. The first-order chi connectivity index (χ1) is 9.91. The molecule has 2 heterocycles. The summed E-state index contributed by atoms with van der Waals surface area (Å²) in [4.78, 5) is 13.2. The lowest BCUT2D eigenvalue weighted by Crippen LogP contribution is -2.44. The van der Waals surface area contributed by atoms with Crippen LogP contribution in [0.25, 0.3) is 0 Å². The molecule has 2 atom stereocenters. The number of hydrogen-bond donors (Lipinski definition) is 1. The van der Waals surface area contributed by atoms with E-state index in [1.165, 1.54) is 6.07 Å². The fourth-order valence-corrected chi connectivity index (χ4v) is 4.07. The van der Waals surface area contributed by atoms with Crippen molar-refractivity contribution in [2.24, 2.45) is 11.8 Å². The summed E-state index contributed by atoms with van der Waals surface area (Å²) in [5, 5.41) is 15.1. The minimum Gasteiger partial charge on any atom is -0.316 e. The molecule has 0 amide bonds. The highest BCUT2D eigenvalue weighted by Crippen LogP contribution is 2.42. The van der Waals surface area contributed by atoms with Crippen molar-refractivity contribution in [3.8, 4) is 0 Å². The molecule has 2 aliphatic heterocycles. The fraction of sp³-hybridized carbons (Fsp3) is 0.600. The van der Waals surface area contributed by atoms with Gasteiger partial charge in [0.15, 0.2) is 0 Å². The van der Waals surface area contributed by atoms with Gasteiger partial charge in [0.25, 0.3) is 5.69 Å². The molecule has 6 heteroatoms. The number of halogens is 1. The summed E-state index contributed by atoms with van der Waals surface area (Å²) >= 11 is 6.22. The first kappa shape index (κ1) is 14.8. The van der Waals surface area contributed by atoms with Crippen LogP contribution in [0, 0.1) is 22.0 Å². The van der Waals surface area contributed by atoms with Gasteiger partial charge in [-0.1, -0.05) is 17.7 Å². The van der Waals surface area contributed by atoms with Gasteiger partial charge in [-0.2, -0.15) is 0 Å². The Hall–Kier alpha value is -1.17. The number of nitro groups is 1. The molecule has 2 unspecified atom stereocenters. The van der Waals surface area contributed by atoms with Crippen molar-refractivity contribution in [1.82, 2.24) is 10.2 Å². The molecule has 5 nitrogen and oxygen atoms in total. The van der Waals surface area contributed by atoms with Crippen molar-refractivity contribution in [2.45, 2.75) is 25.9 Å². The van der Waals surface area contributed by atoms with Gasteiger partial charge in [0.05, 0.1) is 15.5 Å². The lowest BCUT2D eigenvalue weighted by Gasteiger charge is -2.35. The summed E-state index contributed by atoms with van der Waals surface area (Å²) in [6.45, 7) is 8.03. The van der Waals surface area contributed by atoms with Gasteiger partial charge in [-0.3, -0.25) is 15.0 Å². The van der Waals surface area contributed by atoms with Crippen LogP contribution in [-0.4, -0.2) is 35.0 Å². The highest BCUT2D eigenvalue weighted by atomic mass is 35.5. The lowest BCUT2D eigenvalue weighted by atomic mass is 9.85. The van der Waals surface area contributed by atoms with Crippen molar-refractivity contribution < 1.29 is 4.92 Å². The van der Waals surface area contributed by atoms with Crippen LogP contribution in [-0.2, 0) is 6.54 Å². The molecule has 1 aromatic carbocycles. The van der Waals surface area contributed by atoms with E-state index in [4.69, 9.17) is 11.6 Å². The third-order valence-corrected chi connectivity index (χ3v) is 5.51. The Kier molecular flexibility index (Phi) is 3.67. The molecule has 3 rings (SSSR count). The fourth-order valence-electron chi connectivity index (χ4n) is 3.84. The molecule has 0 spiro atoms. The largest absolute Gasteiger partial charge is 0.316 e. The molecular formula is C15H20ClN3O2. The van der Waals surface area contributed by atoms with Crippen LogP contribution < -0.4 is 5.32 Å². The standard InChI is InChI=1S/C15H20ClN3O2/c1-15(2)12-7-17-6-10(12)8-18(15)9-11-13(16)4-3-5-14(11)19(20)21/h3-5,10,12,17H,6-9H2,1-2H3. The van der Waals surface area contributed by atoms with E-state index in [1.807, 2.05) is 0 Å². The van der Waals surface area contributed by atoms with Crippen molar-refractivity contribution in [1.29, 1.82) is 0 Å². The van der Waals surface area contributed by atoms with Gasteiger partial charge in [-0.05, 0) is 38.3 Å². The SMILES string of the molecule is CC1(C)C2CNCC2CN1Cc1c(Cl)cccc1[N+](=O)[O-]. The zero-order valence-corrected chi connectivity index (χ0v) is 13.1. The normalized spacial score (nSPS) is 27.8. The highest BCUT2D eigenvalue weighted by molar-refractivity contribution is 6.31. The quantitative estimate of drug-likeness (QED) is 0.689. The van der Waals surface area contributed by atoms with Crippen LogP contribution in [0.2, 0.25) is 5.02 Å². The summed E-state index contributed by atoms with van der Waals surface area (Å²) in [5.74, 6) is 1.22. The Bertz CT molecular complexity index is 576. The number of nitro benzene ring substituents is 1. The van der Waals surface area contributed by atoms with E-state index in [0.717, 1.165) is 19.6 Å². The van der Waals surface area contributed by atoms with Gasteiger partial charge in [0.2, 0.25) is 0 Å². The number of nitrogens with zero attached hydrogens (tertiary/aromatic N) is 2. The molecule has 114 valence electrons. The predicted molar refractivity (Wildman–Crippen MR) is 82.4 cm³/mol. The van der Waals surface area contributed by atoms with Crippen LogP contribution in [0.15, 0.2) is 18.2 Å². The van der Waals surface area contributed by atoms with Gasteiger partial charge in [-0.15, -0.1) is 0 Å². The van der Waals surface area contributed by atoms with E-state index in [9.17, 15) is 10.1 Å². The van der Waals surface area contributed by atoms with E-state index in [1.54, 1.807) is 12.1 Å². The summed E-state index contributed by atoms with van der Waals surface area (Å²) in [6.07, 6.45) is 0. The maximum absolute atomic E-state index is 11.2. The summed E-state index contributed by atoms with van der Waals surface area (Å²) in [7, 11) is 0. The molecule has 0 aliphatic carbocycles. The maximum Gasteiger partial charge on any atom is 0.275 e. The summed E-state index contributed by atoms with van der Waals surface area (Å²) in [5.41, 5.74) is 0.778. The number of likely N-dealkylation sites (tertiary alicyclic amines) is 1. The maximum atomic E-state index is 11.2. The monoisotopic (exact) mass is 309 g/mol. The second-order valence-electron chi connectivity index (χ2n) is 6.55. The van der Waals surface area contributed by atoms with Crippen molar-refractivity contribution >= 4 is 17.3 Å². The lowest BCUT2D eigenvalue weighted by molar-refractivity contribution is -0.385. The Morgan fingerprint density at radius 2 is 2.24 bits per heavy atom. The molecule has 0 saturated carbocycles. The number of rotatable bonds is 3. The second-order valence-corrected chi connectivity index (χ2v) is 6.96. The average molecular weight is 310 g/mol. The van der Waals surface area contributed by atoms with E-state index in [-0.39, 0.29) is 16.1 Å². The average Bonchev–Trinajstić information content (AvgIpc) is 2.95. The zero-order valence-electron chi connectivity index (χ0n) is 12.3. The molecule has 0 radical (unpaired) electrons. The van der Waals surface area contributed by atoms with Crippen LogP contribution in [0.4, 0.5) is 5.69 Å². The third-order valence-electron chi connectivity index (χ3n) is 5.16. The summed E-state index contributed by atoms with van der Waals surface area (Å²) < 4.78 is 0. The van der Waals surface area contributed by atoms with Crippen LogP contribution in [0.5, 0.6) is 0 Å². The van der Waals surface area contributed by atoms with Gasteiger partial charge < -0.3 is 5.32 Å². The molecular weight excluding hydrogens is 290 g/mol. The topological polar surface area (TPSA) is 58.4 Å². The molecule has 2 saturated heterocycles. The van der Waals surface area contributed by atoms with Crippen LogP contribution >= 0.6 is 11.6 Å². The number of hydrogen-bond acceptors (Lipinski definition) is 4. The minimum atomic E-state index is -0.341. The number of nitrogens with one attached hydrogen (secondary N) is 1. The Morgan fingerprint density at radius 1 is 1.48 bits per heavy atom. The number of benzene rings is 1. The molecule has 2 aliphatic rings. The molecule has 1 aromatic rings. The molecule has 2 fully saturated rings. The first-order valence-corrected chi connectivity index (χ1v) is 7.66. The highest BCUT2D eigenvalue weighted by Gasteiger charge is 2.49. The Labute approximate surface area is 129 Å². The van der Waals surface area contributed by atoms with E-state index in [0.29, 0.717) is 29.0 Å². The molecule has 0 bridgehead atoms. The van der Waals surface area contributed by atoms with Crippen LogP contribution in [0.1, 0.15) is 19.4 Å². The third kappa shape index (κ3) is 2.43. The Balaban J connectivity index is 1.89. The second kappa shape index (κ2) is 5.23. The van der Waals surface area contributed by atoms with Gasteiger partial charge in [0.1, 0.15) is 0 Å². The molecule has 1 N–H and O–H groups in total. The first-order valence-electron chi connectivity index (χ1n) is 7.29. The Morgan fingerprint density at radius 3 is 2.90 bits per heavy atom. The van der Waals surface area contributed by atoms with Gasteiger partial charge in [-0.25, -0.2) is 0 Å². The minimum absolute atomic E-state index is 0.0290. The van der Waals surface area contributed by atoms with Gasteiger partial charge >= 0.3 is 0 Å². The van der Waals surface area contributed by atoms with E-state index in [2.05, 4.69) is 24.1 Å². The van der Waals surface area contributed by atoms with Crippen molar-refractivity contribution in [2.75, 3.05) is 19.6 Å².